The van der Waals surface area contributed by atoms with Gasteiger partial charge in [-0.1, -0.05) is 0 Å². The number of carbonyl (C=O) groups is 1. The van der Waals surface area contributed by atoms with Gasteiger partial charge in [0.25, 0.3) is 5.91 Å². The Balaban J connectivity index is 3.02. The first-order valence-electron chi connectivity index (χ1n) is 3.50. The number of thiophene rings is 1. The van der Waals surface area contributed by atoms with Gasteiger partial charge in [0.05, 0.1) is 3.79 Å². The molecule has 0 saturated carbocycles. The lowest BCUT2D eigenvalue weighted by molar-refractivity contribution is 0.0829. The van der Waals surface area contributed by atoms with Crippen LogP contribution in [0.1, 0.15) is 10.4 Å². The number of hydrogen-bond donors (Lipinski definition) is 0. The molecule has 0 bridgehead atoms. The van der Waals surface area contributed by atoms with Crippen molar-refractivity contribution in [2.24, 2.45) is 0 Å². The normalized spacial score (nSPS) is 9.92. The van der Waals surface area contributed by atoms with E-state index in [-0.39, 0.29) is 5.91 Å². The first-order chi connectivity index (χ1) is 5.52. The van der Waals surface area contributed by atoms with Crippen LogP contribution in [0.25, 0.3) is 0 Å². The Bertz CT molecular complexity index is 310. The lowest BCUT2D eigenvalue weighted by atomic mass is 10.0. The molecule has 0 fully saturated rings. The maximum atomic E-state index is 11.5. The molecule has 5 heteroatoms. The molecular weight excluding hydrogens is 237 g/mol. The van der Waals surface area contributed by atoms with Gasteiger partial charge in [0.1, 0.15) is 0 Å². The predicted octanol–water partition coefficient (Wildman–Crippen LogP) is 0.471. The van der Waals surface area contributed by atoms with Crippen LogP contribution in [0.2, 0.25) is 0 Å². The highest BCUT2D eigenvalue weighted by atomic mass is 79.9. The summed E-state index contributed by atoms with van der Waals surface area (Å²) in [5.41, 5.74) is 0.789. The van der Waals surface area contributed by atoms with Crippen molar-refractivity contribution in [2.45, 2.75) is 0 Å². The molecule has 0 radical (unpaired) electrons. The van der Waals surface area contributed by atoms with E-state index in [1.165, 1.54) is 0 Å². The van der Waals surface area contributed by atoms with E-state index in [2.05, 4.69) is 15.9 Å². The molecule has 1 amide bonds. The molecule has 1 heterocycles. The van der Waals surface area contributed by atoms with Gasteiger partial charge in [-0.15, -0.1) is 11.3 Å². The van der Waals surface area contributed by atoms with Crippen LogP contribution in [0.15, 0.2) is 9.85 Å². The minimum absolute atomic E-state index is 0.0643. The molecule has 0 aliphatic heterocycles. The van der Waals surface area contributed by atoms with E-state index in [0.29, 0.717) is 0 Å². The fourth-order valence-corrected chi connectivity index (χ4v) is 2.58. The van der Waals surface area contributed by atoms with E-state index in [1.807, 2.05) is 13.9 Å². The lowest BCUT2D eigenvalue weighted by Gasteiger charge is -2.08. The lowest BCUT2D eigenvalue weighted by Crippen LogP contribution is -2.25. The standard InChI is InChI=1S/C7H9BBrNOS/c1-10(2)7(11)4-3-5(9)12-6(4)8/h3H,8H2,1-2H3. The number of nitrogens with zero attached hydrogens (tertiary/aromatic N) is 1. The van der Waals surface area contributed by atoms with Crippen molar-refractivity contribution in [2.75, 3.05) is 14.1 Å². The van der Waals surface area contributed by atoms with Crippen LogP contribution in [0.3, 0.4) is 0 Å². The number of rotatable bonds is 1. The van der Waals surface area contributed by atoms with Crippen molar-refractivity contribution < 1.29 is 4.79 Å². The van der Waals surface area contributed by atoms with Gasteiger partial charge in [0, 0.05) is 19.7 Å². The van der Waals surface area contributed by atoms with Crippen molar-refractivity contribution >= 4 is 45.8 Å². The summed E-state index contributed by atoms with van der Waals surface area (Å²) in [6.07, 6.45) is 0. The molecule has 12 heavy (non-hydrogen) atoms. The average molecular weight is 246 g/mol. The zero-order valence-electron chi connectivity index (χ0n) is 7.22. The summed E-state index contributed by atoms with van der Waals surface area (Å²) < 4.78 is 2.06. The second kappa shape index (κ2) is 3.62. The van der Waals surface area contributed by atoms with Crippen molar-refractivity contribution in [3.8, 4) is 0 Å². The van der Waals surface area contributed by atoms with Crippen LogP contribution in [0.5, 0.6) is 0 Å². The Morgan fingerprint density at radius 1 is 1.67 bits per heavy atom. The molecule has 0 N–H and O–H groups in total. The second-order valence-electron chi connectivity index (χ2n) is 2.72. The quantitative estimate of drug-likeness (QED) is 0.659. The molecule has 0 atom stereocenters. The third-order valence-electron chi connectivity index (χ3n) is 1.52. The maximum absolute atomic E-state index is 11.5. The van der Waals surface area contributed by atoms with E-state index >= 15 is 0 Å². The van der Waals surface area contributed by atoms with Gasteiger partial charge in [0.15, 0.2) is 7.85 Å². The summed E-state index contributed by atoms with van der Waals surface area (Å²) in [4.78, 5) is 13.1. The van der Waals surface area contributed by atoms with Gasteiger partial charge in [-0.05, 0) is 26.8 Å². The SMILES string of the molecule is Bc1sc(Br)cc1C(=O)N(C)C. The Morgan fingerprint density at radius 2 is 2.25 bits per heavy atom. The van der Waals surface area contributed by atoms with Crippen LogP contribution >= 0.6 is 27.3 Å². The predicted molar refractivity (Wildman–Crippen MR) is 58.2 cm³/mol. The van der Waals surface area contributed by atoms with Crippen LogP contribution in [-0.4, -0.2) is 32.7 Å². The van der Waals surface area contributed by atoms with E-state index in [1.54, 1.807) is 30.3 Å². The van der Waals surface area contributed by atoms with E-state index < -0.39 is 0 Å². The zero-order chi connectivity index (χ0) is 9.30. The Hall–Kier alpha value is -0.285. The number of carbonyl (C=O) groups excluding carboxylic acids is 1. The number of halogens is 1. The van der Waals surface area contributed by atoms with Gasteiger partial charge in [-0.2, -0.15) is 0 Å². The van der Waals surface area contributed by atoms with Crippen molar-refractivity contribution in [3.63, 3.8) is 0 Å². The van der Waals surface area contributed by atoms with Crippen molar-refractivity contribution in [1.29, 1.82) is 0 Å². The van der Waals surface area contributed by atoms with Crippen LogP contribution in [0, 0.1) is 0 Å². The molecule has 1 aromatic rings. The molecule has 0 aliphatic rings. The van der Waals surface area contributed by atoms with Crippen LogP contribution in [0.4, 0.5) is 0 Å². The highest BCUT2D eigenvalue weighted by Crippen LogP contribution is 2.18. The Labute approximate surface area is 85.1 Å². The smallest absolute Gasteiger partial charge is 0.253 e. The first-order valence-corrected chi connectivity index (χ1v) is 5.11. The molecule has 1 rings (SSSR count). The zero-order valence-corrected chi connectivity index (χ0v) is 9.62. The monoisotopic (exact) mass is 245 g/mol. The first kappa shape index (κ1) is 9.80. The van der Waals surface area contributed by atoms with Crippen molar-refractivity contribution in [1.82, 2.24) is 4.90 Å². The molecule has 1 aromatic heterocycles. The van der Waals surface area contributed by atoms with E-state index in [0.717, 1.165) is 14.1 Å². The average Bonchev–Trinajstić information content (AvgIpc) is 2.28. The Morgan fingerprint density at radius 3 is 2.58 bits per heavy atom. The summed E-state index contributed by atoms with van der Waals surface area (Å²) in [5, 5.41) is 0. The highest BCUT2D eigenvalue weighted by molar-refractivity contribution is 9.11. The summed E-state index contributed by atoms with van der Waals surface area (Å²) in [7, 11) is 5.47. The minimum atomic E-state index is 0.0643. The van der Waals surface area contributed by atoms with Gasteiger partial charge in [-0.3, -0.25) is 4.79 Å². The van der Waals surface area contributed by atoms with Gasteiger partial charge < -0.3 is 4.90 Å². The molecule has 0 aromatic carbocycles. The molecule has 0 unspecified atom stereocenters. The van der Waals surface area contributed by atoms with Gasteiger partial charge in [0.2, 0.25) is 0 Å². The Kier molecular flexibility index (Phi) is 2.96. The molecule has 64 valence electrons. The summed E-state index contributed by atoms with van der Waals surface area (Å²) in [6.45, 7) is 0. The number of amides is 1. The summed E-state index contributed by atoms with van der Waals surface area (Å²) >= 11 is 4.93. The van der Waals surface area contributed by atoms with Crippen molar-refractivity contribution in [3.05, 3.63) is 15.4 Å². The fourth-order valence-electron chi connectivity index (χ4n) is 0.899. The van der Waals surface area contributed by atoms with Gasteiger partial charge in [-0.25, -0.2) is 0 Å². The summed E-state index contributed by atoms with van der Waals surface area (Å²) in [6, 6.07) is 1.86. The summed E-state index contributed by atoms with van der Waals surface area (Å²) in [5.74, 6) is 0.0643. The highest BCUT2D eigenvalue weighted by Gasteiger charge is 2.13. The fraction of sp³-hybridized carbons (Fsp3) is 0.286. The second-order valence-corrected chi connectivity index (χ2v) is 5.36. The largest absolute Gasteiger partial charge is 0.345 e. The topological polar surface area (TPSA) is 20.3 Å². The molecule has 2 nitrogen and oxygen atoms in total. The minimum Gasteiger partial charge on any atom is -0.345 e. The molecule has 0 aliphatic carbocycles. The third-order valence-corrected chi connectivity index (χ3v) is 3.08. The maximum Gasteiger partial charge on any atom is 0.253 e. The molecule has 0 saturated heterocycles. The van der Waals surface area contributed by atoms with Crippen LogP contribution in [-0.2, 0) is 0 Å². The van der Waals surface area contributed by atoms with E-state index in [9.17, 15) is 4.79 Å². The van der Waals surface area contributed by atoms with Crippen LogP contribution < -0.4 is 4.78 Å². The van der Waals surface area contributed by atoms with Gasteiger partial charge >= 0.3 is 0 Å². The molecule has 0 spiro atoms. The number of hydrogen-bond acceptors (Lipinski definition) is 2. The third kappa shape index (κ3) is 1.90. The van der Waals surface area contributed by atoms with E-state index in [4.69, 9.17) is 0 Å². The molecular formula is C7H9BBrNOS.